The number of rotatable bonds is 4. The van der Waals surface area contributed by atoms with E-state index in [2.05, 4.69) is 24.3 Å². The van der Waals surface area contributed by atoms with Crippen LogP contribution in [0.4, 0.5) is 5.69 Å². The lowest BCUT2D eigenvalue weighted by molar-refractivity contribution is 0.286. The molecule has 2 N–H and O–H groups in total. The normalized spacial score (nSPS) is 10.5. The second kappa shape index (κ2) is 5.75. The molecule has 3 aromatic rings. The quantitative estimate of drug-likeness (QED) is 0.734. The number of hydrogen-bond donors (Lipinski definition) is 1. The molecule has 3 rings (SSSR count). The van der Waals surface area contributed by atoms with Gasteiger partial charge in [-0.05, 0) is 28.5 Å². The molecule has 0 amide bonds. The smallest absolute Gasteiger partial charge is 0.162 e. The first-order chi connectivity index (χ1) is 10.3. The lowest BCUT2D eigenvalue weighted by Crippen LogP contribution is -1.99. The summed E-state index contributed by atoms with van der Waals surface area (Å²) in [6, 6.07) is 19.9. The minimum Gasteiger partial charge on any atom is -0.493 e. The number of methoxy groups -OCH3 is 1. The zero-order valence-corrected chi connectivity index (χ0v) is 11.9. The maximum Gasteiger partial charge on any atom is 0.162 e. The van der Waals surface area contributed by atoms with Crippen molar-refractivity contribution in [3.8, 4) is 11.5 Å². The highest BCUT2D eigenvalue weighted by Crippen LogP contribution is 2.30. The summed E-state index contributed by atoms with van der Waals surface area (Å²) in [5, 5.41) is 2.41. The predicted molar refractivity (Wildman–Crippen MR) is 85.7 cm³/mol. The number of nitrogens with two attached hydrogens (primary N) is 1. The summed E-state index contributed by atoms with van der Waals surface area (Å²) in [6.45, 7) is 0.488. The van der Waals surface area contributed by atoms with E-state index < -0.39 is 0 Å². The first-order valence-corrected chi connectivity index (χ1v) is 6.81. The van der Waals surface area contributed by atoms with E-state index in [0.717, 1.165) is 5.56 Å². The Morgan fingerprint density at radius 3 is 2.57 bits per heavy atom. The van der Waals surface area contributed by atoms with Crippen molar-refractivity contribution in [2.75, 3.05) is 12.8 Å². The third kappa shape index (κ3) is 2.77. The highest BCUT2D eigenvalue weighted by atomic mass is 16.5. The van der Waals surface area contributed by atoms with Crippen molar-refractivity contribution in [2.24, 2.45) is 0 Å². The van der Waals surface area contributed by atoms with E-state index in [1.165, 1.54) is 10.8 Å². The van der Waals surface area contributed by atoms with Crippen LogP contribution in [0.5, 0.6) is 11.5 Å². The molecule has 0 aromatic heterocycles. The number of ether oxygens (including phenoxy) is 2. The Labute approximate surface area is 123 Å². The number of fused-ring (bicyclic) bond motifs is 1. The van der Waals surface area contributed by atoms with Crippen LogP contribution >= 0.6 is 0 Å². The van der Waals surface area contributed by atoms with Gasteiger partial charge in [0.05, 0.1) is 7.11 Å². The standard InChI is InChI=1S/C18H17NO2/c1-20-18-11-15(19)9-10-17(18)21-12-14-7-4-6-13-5-2-3-8-16(13)14/h2-11H,12,19H2,1H3. The van der Waals surface area contributed by atoms with Gasteiger partial charge in [0, 0.05) is 11.8 Å². The molecule has 0 fully saturated rings. The van der Waals surface area contributed by atoms with Gasteiger partial charge in [-0.2, -0.15) is 0 Å². The zero-order valence-electron chi connectivity index (χ0n) is 11.9. The average Bonchev–Trinajstić information content (AvgIpc) is 2.53. The van der Waals surface area contributed by atoms with Crippen molar-refractivity contribution in [3.63, 3.8) is 0 Å². The summed E-state index contributed by atoms with van der Waals surface area (Å²) in [4.78, 5) is 0. The highest BCUT2D eigenvalue weighted by Gasteiger charge is 2.06. The average molecular weight is 279 g/mol. The minimum atomic E-state index is 0.488. The summed E-state index contributed by atoms with van der Waals surface area (Å²) in [5.41, 5.74) is 7.55. The van der Waals surface area contributed by atoms with Crippen LogP contribution in [0.2, 0.25) is 0 Å². The van der Waals surface area contributed by atoms with Crippen LogP contribution in [-0.4, -0.2) is 7.11 Å². The van der Waals surface area contributed by atoms with E-state index in [1.807, 2.05) is 24.3 Å². The Kier molecular flexibility index (Phi) is 3.65. The Balaban J connectivity index is 1.87. The largest absolute Gasteiger partial charge is 0.493 e. The highest BCUT2D eigenvalue weighted by molar-refractivity contribution is 5.85. The molecule has 3 heteroatoms. The van der Waals surface area contributed by atoms with Crippen molar-refractivity contribution in [1.82, 2.24) is 0 Å². The molecule has 0 radical (unpaired) electrons. The summed E-state index contributed by atoms with van der Waals surface area (Å²) in [6.07, 6.45) is 0. The molecule has 0 spiro atoms. The molecule has 0 saturated heterocycles. The van der Waals surface area contributed by atoms with E-state index in [0.29, 0.717) is 23.8 Å². The van der Waals surface area contributed by atoms with Gasteiger partial charge >= 0.3 is 0 Å². The van der Waals surface area contributed by atoms with Crippen LogP contribution in [0.1, 0.15) is 5.56 Å². The number of benzene rings is 3. The lowest BCUT2D eigenvalue weighted by atomic mass is 10.1. The van der Waals surface area contributed by atoms with Crippen molar-refractivity contribution < 1.29 is 9.47 Å². The van der Waals surface area contributed by atoms with Gasteiger partial charge in [0.25, 0.3) is 0 Å². The molecule has 3 aromatic carbocycles. The molecule has 0 aliphatic carbocycles. The maximum atomic E-state index is 5.90. The molecule has 0 aliphatic heterocycles. The van der Waals surface area contributed by atoms with E-state index in [4.69, 9.17) is 15.2 Å². The Bertz CT molecular complexity index is 763. The third-order valence-corrected chi connectivity index (χ3v) is 3.45. The predicted octanol–water partition coefficient (Wildman–Crippen LogP) is 4.01. The van der Waals surface area contributed by atoms with E-state index in [9.17, 15) is 0 Å². The van der Waals surface area contributed by atoms with Crippen molar-refractivity contribution in [3.05, 3.63) is 66.2 Å². The van der Waals surface area contributed by atoms with Gasteiger partial charge in [0.15, 0.2) is 11.5 Å². The molecule has 0 aliphatic rings. The Morgan fingerprint density at radius 2 is 1.71 bits per heavy atom. The Hall–Kier alpha value is -2.68. The fraction of sp³-hybridized carbons (Fsp3) is 0.111. The maximum absolute atomic E-state index is 5.90. The molecular weight excluding hydrogens is 262 g/mol. The van der Waals surface area contributed by atoms with E-state index >= 15 is 0 Å². The minimum absolute atomic E-state index is 0.488. The van der Waals surface area contributed by atoms with Crippen LogP contribution in [0, 0.1) is 0 Å². The van der Waals surface area contributed by atoms with Gasteiger partial charge in [0.1, 0.15) is 6.61 Å². The van der Waals surface area contributed by atoms with Crippen LogP contribution in [-0.2, 0) is 6.61 Å². The fourth-order valence-corrected chi connectivity index (χ4v) is 2.38. The van der Waals surface area contributed by atoms with Gasteiger partial charge < -0.3 is 15.2 Å². The van der Waals surface area contributed by atoms with E-state index in [1.54, 1.807) is 19.2 Å². The van der Waals surface area contributed by atoms with Gasteiger partial charge in [-0.15, -0.1) is 0 Å². The van der Waals surface area contributed by atoms with Crippen LogP contribution in [0.15, 0.2) is 60.7 Å². The zero-order chi connectivity index (χ0) is 14.7. The van der Waals surface area contributed by atoms with Crippen molar-refractivity contribution in [2.45, 2.75) is 6.61 Å². The second-order valence-electron chi connectivity index (χ2n) is 4.84. The molecule has 0 atom stereocenters. The van der Waals surface area contributed by atoms with Crippen LogP contribution < -0.4 is 15.2 Å². The molecular formula is C18H17NO2. The monoisotopic (exact) mass is 279 g/mol. The van der Waals surface area contributed by atoms with Crippen LogP contribution in [0.3, 0.4) is 0 Å². The SMILES string of the molecule is COc1cc(N)ccc1OCc1cccc2ccccc12. The molecule has 3 nitrogen and oxygen atoms in total. The van der Waals surface area contributed by atoms with Gasteiger partial charge in [-0.3, -0.25) is 0 Å². The summed E-state index contributed by atoms with van der Waals surface area (Å²) in [7, 11) is 1.61. The molecule has 106 valence electrons. The van der Waals surface area contributed by atoms with E-state index in [-0.39, 0.29) is 0 Å². The first-order valence-electron chi connectivity index (χ1n) is 6.81. The molecule has 21 heavy (non-hydrogen) atoms. The Morgan fingerprint density at radius 1 is 0.905 bits per heavy atom. The lowest BCUT2D eigenvalue weighted by Gasteiger charge is -2.12. The van der Waals surface area contributed by atoms with Gasteiger partial charge in [-0.1, -0.05) is 42.5 Å². The van der Waals surface area contributed by atoms with Gasteiger partial charge in [0.2, 0.25) is 0 Å². The number of hydrogen-bond acceptors (Lipinski definition) is 3. The molecule has 0 saturated carbocycles. The topological polar surface area (TPSA) is 44.5 Å². The fourth-order valence-electron chi connectivity index (χ4n) is 2.38. The molecule has 0 heterocycles. The first kappa shape index (κ1) is 13.3. The number of anilines is 1. The van der Waals surface area contributed by atoms with Crippen LogP contribution in [0.25, 0.3) is 10.8 Å². The van der Waals surface area contributed by atoms with Crippen molar-refractivity contribution >= 4 is 16.5 Å². The van der Waals surface area contributed by atoms with Crippen molar-refractivity contribution in [1.29, 1.82) is 0 Å². The second-order valence-corrected chi connectivity index (χ2v) is 4.84. The third-order valence-electron chi connectivity index (χ3n) is 3.45. The molecule has 0 bridgehead atoms. The van der Waals surface area contributed by atoms with Gasteiger partial charge in [-0.25, -0.2) is 0 Å². The molecule has 0 unspecified atom stereocenters. The summed E-state index contributed by atoms with van der Waals surface area (Å²) in [5.74, 6) is 1.34. The summed E-state index contributed by atoms with van der Waals surface area (Å²) < 4.78 is 11.2. The summed E-state index contributed by atoms with van der Waals surface area (Å²) >= 11 is 0. The number of nitrogen functional groups attached to an aromatic ring is 1.